The Morgan fingerprint density at radius 1 is 1.35 bits per heavy atom. The first-order valence-corrected chi connectivity index (χ1v) is 6.60. The van der Waals surface area contributed by atoms with Crippen LogP contribution in [0.3, 0.4) is 0 Å². The summed E-state index contributed by atoms with van der Waals surface area (Å²) in [5.41, 5.74) is 2.10. The third kappa shape index (κ3) is 1.66. The summed E-state index contributed by atoms with van der Waals surface area (Å²) in [6.07, 6.45) is 4.40. The van der Waals surface area contributed by atoms with E-state index in [2.05, 4.69) is 36.5 Å². The molecule has 0 bridgehead atoms. The molecule has 2 atom stereocenters. The van der Waals surface area contributed by atoms with E-state index in [4.69, 9.17) is 0 Å². The number of nitrogens with one attached hydrogen (secondary N) is 1. The predicted octanol–water partition coefficient (Wildman–Crippen LogP) is 2.96. The normalized spacial score (nSPS) is 28.8. The second kappa shape index (κ2) is 3.49. The van der Waals surface area contributed by atoms with Gasteiger partial charge in [0.1, 0.15) is 0 Å². The number of hydrogen-bond acceptors (Lipinski definition) is 2. The van der Waals surface area contributed by atoms with Crippen LogP contribution in [0.2, 0.25) is 0 Å². The van der Waals surface area contributed by atoms with Crippen LogP contribution in [-0.4, -0.2) is 16.7 Å². The Labute approximate surface area is 103 Å². The molecule has 2 heteroatoms. The molecule has 1 saturated carbocycles. The maximum absolute atomic E-state index is 10.8. The van der Waals surface area contributed by atoms with Crippen molar-refractivity contribution >= 4 is 5.69 Å². The first-order chi connectivity index (χ1) is 8.03. The second-order valence-electron chi connectivity index (χ2n) is 6.10. The van der Waals surface area contributed by atoms with E-state index in [0.29, 0.717) is 0 Å². The third-order valence-corrected chi connectivity index (χ3v) is 4.95. The van der Waals surface area contributed by atoms with Gasteiger partial charge in [0.05, 0.1) is 11.6 Å². The van der Waals surface area contributed by atoms with Gasteiger partial charge < -0.3 is 10.4 Å². The smallest absolute Gasteiger partial charge is 0.0873 e. The lowest BCUT2D eigenvalue weighted by atomic mass is 9.77. The Morgan fingerprint density at radius 3 is 2.76 bits per heavy atom. The third-order valence-electron chi connectivity index (χ3n) is 4.95. The first-order valence-electron chi connectivity index (χ1n) is 6.60. The quantitative estimate of drug-likeness (QED) is 0.820. The van der Waals surface area contributed by atoms with Gasteiger partial charge in [-0.3, -0.25) is 0 Å². The van der Waals surface area contributed by atoms with Gasteiger partial charge in [0.15, 0.2) is 0 Å². The van der Waals surface area contributed by atoms with Crippen LogP contribution in [0.15, 0.2) is 24.3 Å². The summed E-state index contributed by atoms with van der Waals surface area (Å²) in [5, 5.41) is 14.3. The molecule has 2 unspecified atom stereocenters. The van der Waals surface area contributed by atoms with E-state index in [1.807, 2.05) is 6.92 Å². The predicted molar refractivity (Wildman–Crippen MR) is 70.1 cm³/mol. The average Bonchev–Trinajstić information content (AvgIpc) is 3.08. The van der Waals surface area contributed by atoms with Gasteiger partial charge in [0.25, 0.3) is 0 Å². The fourth-order valence-electron chi connectivity index (χ4n) is 2.97. The van der Waals surface area contributed by atoms with Crippen molar-refractivity contribution in [2.75, 3.05) is 5.32 Å². The van der Waals surface area contributed by atoms with Crippen LogP contribution in [0.1, 0.15) is 38.7 Å². The molecule has 0 spiro atoms. The molecular weight excluding hydrogens is 210 g/mol. The van der Waals surface area contributed by atoms with Crippen LogP contribution in [0, 0.1) is 5.41 Å². The van der Waals surface area contributed by atoms with E-state index in [1.54, 1.807) is 0 Å². The maximum atomic E-state index is 10.8. The Balaban J connectivity index is 1.84. The summed E-state index contributed by atoms with van der Waals surface area (Å²) in [4.78, 5) is 0. The van der Waals surface area contributed by atoms with Crippen molar-refractivity contribution in [1.82, 2.24) is 0 Å². The molecule has 92 valence electrons. The minimum absolute atomic E-state index is 0.122. The molecule has 2 N–H and O–H groups in total. The Kier molecular flexibility index (Phi) is 2.27. The topological polar surface area (TPSA) is 32.3 Å². The minimum atomic E-state index is -0.597. The number of rotatable bonds is 2. The Bertz CT molecular complexity index is 434. The monoisotopic (exact) mass is 231 g/mol. The van der Waals surface area contributed by atoms with Gasteiger partial charge in [0.2, 0.25) is 0 Å². The molecular formula is C15H21NO. The number of anilines is 1. The van der Waals surface area contributed by atoms with E-state index >= 15 is 0 Å². The van der Waals surface area contributed by atoms with Crippen molar-refractivity contribution in [3.8, 4) is 0 Å². The highest BCUT2D eigenvalue weighted by molar-refractivity contribution is 5.54. The lowest BCUT2D eigenvalue weighted by Crippen LogP contribution is -2.51. The summed E-state index contributed by atoms with van der Waals surface area (Å²) < 4.78 is 0. The second-order valence-corrected chi connectivity index (χ2v) is 6.10. The van der Waals surface area contributed by atoms with Crippen molar-refractivity contribution in [2.24, 2.45) is 5.41 Å². The van der Waals surface area contributed by atoms with E-state index in [0.717, 1.165) is 25.7 Å². The zero-order chi connectivity index (χ0) is 12.1. The van der Waals surface area contributed by atoms with Gasteiger partial charge in [-0.1, -0.05) is 25.1 Å². The standard InChI is InChI=1S/C15H21NO/c1-14(9-10-14)15(2,17)13-8-7-11-5-3-4-6-12(11)16-13/h3-6,13,16-17H,7-10H2,1-2H3. The fraction of sp³-hybridized carbons (Fsp3) is 0.600. The SMILES string of the molecule is CC1(C(C)(O)C2CCc3ccccc3N2)CC1. The van der Waals surface area contributed by atoms with Crippen molar-refractivity contribution in [3.63, 3.8) is 0 Å². The summed E-state index contributed by atoms with van der Waals surface area (Å²) in [7, 11) is 0. The van der Waals surface area contributed by atoms with Gasteiger partial charge >= 0.3 is 0 Å². The number of aryl methyl sites for hydroxylation is 1. The van der Waals surface area contributed by atoms with Crippen LogP contribution in [0.5, 0.6) is 0 Å². The Hall–Kier alpha value is -1.02. The fourth-order valence-corrected chi connectivity index (χ4v) is 2.97. The van der Waals surface area contributed by atoms with Crippen molar-refractivity contribution in [1.29, 1.82) is 0 Å². The molecule has 0 radical (unpaired) electrons. The average molecular weight is 231 g/mol. The molecule has 0 aromatic heterocycles. The highest BCUT2D eigenvalue weighted by atomic mass is 16.3. The first kappa shape index (κ1) is 11.1. The summed E-state index contributed by atoms with van der Waals surface area (Å²) >= 11 is 0. The number of fused-ring (bicyclic) bond motifs is 1. The lowest BCUT2D eigenvalue weighted by Gasteiger charge is -2.42. The number of para-hydroxylation sites is 1. The van der Waals surface area contributed by atoms with Gasteiger partial charge in [-0.05, 0) is 49.7 Å². The Morgan fingerprint density at radius 2 is 2.06 bits per heavy atom. The van der Waals surface area contributed by atoms with E-state index in [1.165, 1.54) is 11.3 Å². The van der Waals surface area contributed by atoms with E-state index in [-0.39, 0.29) is 11.5 Å². The van der Waals surface area contributed by atoms with Crippen LogP contribution in [0.25, 0.3) is 0 Å². The molecule has 17 heavy (non-hydrogen) atoms. The minimum Gasteiger partial charge on any atom is -0.387 e. The molecule has 1 fully saturated rings. The summed E-state index contributed by atoms with van der Waals surface area (Å²) in [6.45, 7) is 4.21. The summed E-state index contributed by atoms with van der Waals surface area (Å²) in [5.74, 6) is 0. The molecule has 1 heterocycles. The highest BCUT2D eigenvalue weighted by Gasteiger charge is 2.56. The van der Waals surface area contributed by atoms with E-state index in [9.17, 15) is 5.11 Å². The molecule has 1 aromatic carbocycles. The number of aliphatic hydroxyl groups is 1. The molecule has 0 amide bonds. The lowest BCUT2D eigenvalue weighted by molar-refractivity contribution is -0.0275. The largest absolute Gasteiger partial charge is 0.387 e. The highest BCUT2D eigenvalue weighted by Crippen LogP contribution is 2.56. The molecule has 1 aromatic rings. The molecule has 0 saturated heterocycles. The number of hydrogen-bond donors (Lipinski definition) is 2. The zero-order valence-electron chi connectivity index (χ0n) is 10.7. The van der Waals surface area contributed by atoms with Crippen molar-refractivity contribution in [2.45, 2.75) is 51.2 Å². The van der Waals surface area contributed by atoms with Gasteiger partial charge in [-0.25, -0.2) is 0 Å². The molecule has 1 aliphatic carbocycles. The summed E-state index contributed by atoms with van der Waals surface area (Å²) in [6, 6.07) is 8.62. The molecule has 3 rings (SSSR count). The maximum Gasteiger partial charge on any atom is 0.0873 e. The van der Waals surface area contributed by atoms with Gasteiger partial charge in [-0.2, -0.15) is 0 Å². The van der Waals surface area contributed by atoms with Gasteiger partial charge in [0, 0.05) is 5.69 Å². The van der Waals surface area contributed by atoms with Crippen LogP contribution < -0.4 is 5.32 Å². The molecule has 2 aliphatic rings. The van der Waals surface area contributed by atoms with Crippen LogP contribution in [-0.2, 0) is 6.42 Å². The van der Waals surface area contributed by atoms with Crippen LogP contribution >= 0.6 is 0 Å². The number of benzene rings is 1. The van der Waals surface area contributed by atoms with E-state index < -0.39 is 5.60 Å². The molecule has 1 aliphatic heterocycles. The van der Waals surface area contributed by atoms with Crippen LogP contribution in [0.4, 0.5) is 5.69 Å². The zero-order valence-corrected chi connectivity index (χ0v) is 10.7. The molecule has 2 nitrogen and oxygen atoms in total. The van der Waals surface area contributed by atoms with Crippen molar-refractivity contribution in [3.05, 3.63) is 29.8 Å². The van der Waals surface area contributed by atoms with Gasteiger partial charge in [-0.15, -0.1) is 0 Å². The van der Waals surface area contributed by atoms with Crippen molar-refractivity contribution < 1.29 is 5.11 Å².